The molecule has 2 amide bonds. The second-order valence-electron chi connectivity index (χ2n) is 6.33. The number of benzene rings is 1. The summed E-state index contributed by atoms with van der Waals surface area (Å²) in [7, 11) is 0. The topological polar surface area (TPSA) is 95.9 Å². The molecular weight excluding hydrogens is 312 g/mol. The van der Waals surface area contributed by atoms with Crippen molar-refractivity contribution in [1.82, 2.24) is 4.90 Å². The number of ether oxygens (including phenoxy) is 1. The van der Waals surface area contributed by atoms with Crippen LogP contribution in [0.3, 0.4) is 0 Å². The fraction of sp³-hybridized carbons (Fsp3) is 0.471. The molecule has 2 fully saturated rings. The van der Waals surface area contributed by atoms with Crippen molar-refractivity contribution in [2.24, 2.45) is 5.92 Å². The first-order chi connectivity index (χ1) is 11.4. The van der Waals surface area contributed by atoms with Crippen LogP contribution in [0.25, 0.3) is 0 Å². The second-order valence-corrected chi connectivity index (χ2v) is 6.33. The fourth-order valence-corrected chi connectivity index (χ4v) is 2.76. The predicted octanol–water partition coefficient (Wildman–Crippen LogP) is 1.35. The van der Waals surface area contributed by atoms with Gasteiger partial charge in [0.05, 0.1) is 12.6 Å². The Bertz CT molecular complexity index is 671. The van der Waals surface area contributed by atoms with Gasteiger partial charge in [0.1, 0.15) is 0 Å². The minimum atomic E-state index is -1.08. The Kier molecular flexibility index (Phi) is 4.53. The molecule has 3 rings (SSSR count). The molecule has 0 spiro atoms. The lowest BCUT2D eigenvalue weighted by molar-refractivity contribution is -0.160. The molecule has 1 heterocycles. The van der Waals surface area contributed by atoms with E-state index in [-0.39, 0.29) is 30.4 Å². The van der Waals surface area contributed by atoms with Gasteiger partial charge in [0.15, 0.2) is 6.10 Å². The van der Waals surface area contributed by atoms with Crippen molar-refractivity contribution in [3.63, 3.8) is 0 Å². The molecular formula is C17H20N2O5. The Morgan fingerprint density at radius 3 is 2.67 bits per heavy atom. The van der Waals surface area contributed by atoms with E-state index in [1.807, 2.05) is 0 Å². The maximum Gasteiger partial charge on any atom is 0.334 e. The van der Waals surface area contributed by atoms with Crippen molar-refractivity contribution in [1.29, 1.82) is 0 Å². The highest BCUT2D eigenvalue weighted by molar-refractivity contribution is 5.98. The van der Waals surface area contributed by atoms with Gasteiger partial charge in [-0.3, -0.25) is 9.59 Å². The number of hydrogen-bond donors (Lipinski definition) is 2. The molecule has 1 saturated heterocycles. The van der Waals surface area contributed by atoms with Gasteiger partial charge >= 0.3 is 5.97 Å². The number of carboxylic acid groups (broad SMARTS) is 1. The van der Waals surface area contributed by atoms with Gasteiger partial charge in [-0.15, -0.1) is 0 Å². The van der Waals surface area contributed by atoms with E-state index in [4.69, 9.17) is 9.84 Å². The molecule has 1 unspecified atom stereocenters. The first kappa shape index (κ1) is 16.4. The number of amides is 2. The summed E-state index contributed by atoms with van der Waals surface area (Å²) in [4.78, 5) is 37.1. The molecule has 1 aromatic carbocycles. The summed E-state index contributed by atoms with van der Waals surface area (Å²) in [6.07, 6.45) is 0.455. The number of hydrogen-bond acceptors (Lipinski definition) is 4. The lowest BCUT2D eigenvalue weighted by atomic mass is 10.1. The van der Waals surface area contributed by atoms with Crippen molar-refractivity contribution in [2.45, 2.75) is 32.0 Å². The van der Waals surface area contributed by atoms with Crippen LogP contribution in [0.2, 0.25) is 0 Å². The zero-order valence-electron chi connectivity index (χ0n) is 13.4. The zero-order chi connectivity index (χ0) is 17.3. The summed E-state index contributed by atoms with van der Waals surface area (Å²) >= 11 is 0. The maximum atomic E-state index is 12.7. The van der Waals surface area contributed by atoms with Gasteiger partial charge in [-0.25, -0.2) is 4.79 Å². The van der Waals surface area contributed by atoms with Crippen LogP contribution < -0.4 is 5.32 Å². The quantitative estimate of drug-likeness (QED) is 0.868. The molecule has 1 aliphatic carbocycles. The first-order valence-electron chi connectivity index (χ1n) is 8.02. The van der Waals surface area contributed by atoms with Crippen molar-refractivity contribution in [2.75, 3.05) is 18.4 Å². The van der Waals surface area contributed by atoms with Gasteiger partial charge in [0, 0.05) is 23.7 Å². The Hall–Kier alpha value is -2.41. The second kappa shape index (κ2) is 6.60. The Morgan fingerprint density at radius 1 is 1.25 bits per heavy atom. The fourth-order valence-electron chi connectivity index (χ4n) is 2.76. The number of nitrogens with zero attached hydrogens (tertiary/aromatic N) is 1. The normalized spacial score (nSPS) is 23.6. The standard InChI is InChI=1S/C17H20N2O5/c1-10-8-19(9-14(24-10)17(22)23)16(21)12-3-2-4-13(7-12)18-15(20)11-5-6-11/h2-4,7,10-11,14H,5-6,8-9H2,1H3,(H,18,20)(H,22,23)/t10-,14?/m1/s1. The molecule has 1 aromatic rings. The molecule has 24 heavy (non-hydrogen) atoms. The molecule has 7 heteroatoms. The summed E-state index contributed by atoms with van der Waals surface area (Å²) in [5.74, 6) is -1.28. The molecule has 2 aliphatic rings. The average molecular weight is 332 g/mol. The SMILES string of the molecule is C[C@@H]1CN(C(=O)c2cccc(NC(=O)C3CC3)c2)CC(C(=O)O)O1. The number of aliphatic carboxylic acids is 1. The third-order valence-corrected chi connectivity index (χ3v) is 4.15. The molecule has 0 radical (unpaired) electrons. The van der Waals surface area contributed by atoms with E-state index in [1.54, 1.807) is 31.2 Å². The number of rotatable bonds is 4. The lowest BCUT2D eigenvalue weighted by Gasteiger charge is -2.35. The van der Waals surface area contributed by atoms with Crippen LogP contribution in [0.15, 0.2) is 24.3 Å². The van der Waals surface area contributed by atoms with E-state index in [1.165, 1.54) is 4.90 Å². The molecule has 1 saturated carbocycles. The molecule has 0 aromatic heterocycles. The molecule has 7 nitrogen and oxygen atoms in total. The van der Waals surface area contributed by atoms with Crippen LogP contribution in [0, 0.1) is 5.92 Å². The third-order valence-electron chi connectivity index (χ3n) is 4.15. The maximum absolute atomic E-state index is 12.7. The molecule has 128 valence electrons. The van der Waals surface area contributed by atoms with E-state index in [0.29, 0.717) is 17.8 Å². The highest BCUT2D eigenvalue weighted by atomic mass is 16.5. The van der Waals surface area contributed by atoms with Gasteiger partial charge in [-0.1, -0.05) is 6.07 Å². The lowest BCUT2D eigenvalue weighted by Crippen LogP contribution is -2.51. The number of carboxylic acids is 1. The number of carbonyl (C=O) groups is 3. The average Bonchev–Trinajstić information content (AvgIpc) is 3.38. The summed E-state index contributed by atoms with van der Waals surface area (Å²) in [5, 5.41) is 11.9. The van der Waals surface area contributed by atoms with Crippen LogP contribution in [0.5, 0.6) is 0 Å². The Labute approximate surface area is 139 Å². The minimum Gasteiger partial charge on any atom is -0.479 e. The van der Waals surface area contributed by atoms with Crippen LogP contribution in [0.1, 0.15) is 30.1 Å². The van der Waals surface area contributed by atoms with E-state index in [0.717, 1.165) is 12.8 Å². The van der Waals surface area contributed by atoms with Crippen molar-refractivity contribution < 1.29 is 24.2 Å². The van der Waals surface area contributed by atoms with Gasteiger partial charge < -0.3 is 20.1 Å². The number of anilines is 1. The molecule has 1 aliphatic heterocycles. The zero-order valence-corrected chi connectivity index (χ0v) is 13.4. The van der Waals surface area contributed by atoms with Gasteiger partial charge in [-0.2, -0.15) is 0 Å². The van der Waals surface area contributed by atoms with E-state index >= 15 is 0 Å². The molecule has 0 bridgehead atoms. The van der Waals surface area contributed by atoms with Gasteiger partial charge in [-0.05, 0) is 38.0 Å². The summed E-state index contributed by atoms with van der Waals surface area (Å²) in [5.41, 5.74) is 0.996. The predicted molar refractivity (Wildman–Crippen MR) is 85.7 cm³/mol. The molecule has 2 N–H and O–H groups in total. The van der Waals surface area contributed by atoms with Crippen molar-refractivity contribution in [3.8, 4) is 0 Å². The van der Waals surface area contributed by atoms with E-state index in [9.17, 15) is 14.4 Å². The Morgan fingerprint density at radius 2 is 2.00 bits per heavy atom. The highest BCUT2D eigenvalue weighted by Crippen LogP contribution is 2.30. The minimum absolute atomic E-state index is 0.0111. The van der Waals surface area contributed by atoms with Gasteiger partial charge in [0.2, 0.25) is 5.91 Å². The largest absolute Gasteiger partial charge is 0.479 e. The van der Waals surface area contributed by atoms with Crippen molar-refractivity contribution in [3.05, 3.63) is 29.8 Å². The van der Waals surface area contributed by atoms with Crippen LogP contribution in [-0.2, 0) is 14.3 Å². The third kappa shape index (κ3) is 3.73. The molecule has 2 atom stereocenters. The smallest absolute Gasteiger partial charge is 0.334 e. The first-order valence-corrected chi connectivity index (χ1v) is 8.02. The Balaban J connectivity index is 1.71. The van der Waals surface area contributed by atoms with E-state index < -0.39 is 12.1 Å². The number of carbonyl (C=O) groups excluding carboxylic acids is 2. The monoisotopic (exact) mass is 332 g/mol. The summed E-state index contributed by atoms with van der Waals surface area (Å²) < 4.78 is 5.32. The number of morpholine rings is 1. The summed E-state index contributed by atoms with van der Waals surface area (Å²) in [6.45, 7) is 2.08. The number of nitrogens with one attached hydrogen (secondary N) is 1. The van der Waals surface area contributed by atoms with Crippen molar-refractivity contribution >= 4 is 23.5 Å². The van der Waals surface area contributed by atoms with Crippen LogP contribution in [-0.4, -0.2) is 53.1 Å². The van der Waals surface area contributed by atoms with Crippen LogP contribution in [0.4, 0.5) is 5.69 Å². The highest BCUT2D eigenvalue weighted by Gasteiger charge is 2.33. The summed E-state index contributed by atoms with van der Waals surface area (Å²) in [6, 6.07) is 6.72. The van der Waals surface area contributed by atoms with Gasteiger partial charge in [0.25, 0.3) is 5.91 Å². The van der Waals surface area contributed by atoms with E-state index in [2.05, 4.69) is 5.32 Å². The van der Waals surface area contributed by atoms with Crippen LogP contribution >= 0.6 is 0 Å².